The van der Waals surface area contributed by atoms with Gasteiger partial charge in [0.25, 0.3) is 0 Å². The molecule has 3 unspecified atom stereocenters. The van der Waals surface area contributed by atoms with E-state index in [0.29, 0.717) is 11.3 Å². The Morgan fingerprint density at radius 2 is 2.15 bits per heavy atom. The van der Waals surface area contributed by atoms with E-state index in [4.69, 9.17) is 0 Å². The first-order chi connectivity index (χ1) is 9.83. The lowest BCUT2D eigenvalue weighted by Gasteiger charge is -2.36. The first kappa shape index (κ1) is 15.8. The fraction of sp³-hybridized carbons (Fsp3) is 0.706. The Balaban J connectivity index is 1.97. The number of nitrogens with one attached hydrogen (secondary N) is 1. The largest absolute Gasteiger partial charge is 0.313 e. The lowest BCUT2D eigenvalue weighted by molar-refractivity contribution is 0.287. The van der Waals surface area contributed by atoms with Crippen LogP contribution in [0, 0.1) is 5.92 Å². The molecule has 1 heterocycles. The Labute approximate surface area is 128 Å². The molecule has 1 aromatic heterocycles. The van der Waals surface area contributed by atoms with E-state index >= 15 is 0 Å². The molecule has 1 N–H and O–H groups in total. The van der Waals surface area contributed by atoms with Crippen molar-refractivity contribution in [3.05, 3.63) is 24.4 Å². The Morgan fingerprint density at radius 1 is 1.25 bits per heavy atom. The van der Waals surface area contributed by atoms with Crippen molar-refractivity contribution in [2.24, 2.45) is 5.92 Å². The number of hydrogen-bond donors (Lipinski definition) is 1. The van der Waals surface area contributed by atoms with Crippen molar-refractivity contribution in [1.29, 1.82) is 0 Å². The minimum absolute atomic E-state index is 0.662. The van der Waals surface area contributed by atoms with Gasteiger partial charge in [0.1, 0.15) is 0 Å². The molecule has 0 saturated heterocycles. The molecule has 2 rings (SSSR count). The number of nitrogens with zero attached hydrogens (tertiary/aromatic N) is 1. The zero-order chi connectivity index (χ0) is 14.2. The molecule has 1 aliphatic carbocycles. The second kappa shape index (κ2) is 8.68. The van der Waals surface area contributed by atoms with Crippen molar-refractivity contribution in [2.45, 2.75) is 68.7 Å². The van der Waals surface area contributed by atoms with Crippen LogP contribution in [0.1, 0.15) is 52.4 Å². The molecule has 0 aliphatic heterocycles. The summed E-state index contributed by atoms with van der Waals surface area (Å²) in [5.41, 5.74) is 0. The summed E-state index contributed by atoms with van der Waals surface area (Å²) < 4.78 is 0. The standard InChI is InChI=1S/C17H28N2S/c1-3-7-14-9-10-15(18-11-4-2)16(13-14)20-17-8-5-6-12-19-17/h5-6,8,12,14-16,18H,3-4,7,9-11,13H2,1-2H3. The van der Waals surface area contributed by atoms with Crippen LogP contribution in [0.4, 0.5) is 0 Å². The van der Waals surface area contributed by atoms with Gasteiger partial charge in [-0.1, -0.05) is 32.8 Å². The molecule has 3 atom stereocenters. The van der Waals surface area contributed by atoms with E-state index in [1.165, 1.54) is 43.6 Å². The van der Waals surface area contributed by atoms with Crippen LogP contribution in [-0.4, -0.2) is 22.8 Å². The van der Waals surface area contributed by atoms with Gasteiger partial charge in [-0.15, -0.1) is 11.8 Å². The van der Waals surface area contributed by atoms with Gasteiger partial charge in [0.2, 0.25) is 0 Å². The summed E-state index contributed by atoms with van der Waals surface area (Å²) in [6, 6.07) is 6.90. The van der Waals surface area contributed by atoms with Crippen LogP contribution in [0.25, 0.3) is 0 Å². The molecule has 1 fully saturated rings. The summed E-state index contributed by atoms with van der Waals surface area (Å²) in [6.45, 7) is 5.70. The van der Waals surface area contributed by atoms with Gasteiger partial charge in [0.15, 0.2) is 0 Å². The Kier molecular flexibility index (Phi) is 6.88. The minimum Gasteiger partial charge on any atom is -0.313 e. The summed E-state index contributed by atoms with van der Waals surface area (Å²) >= 11 is 1.98. The molecule has 0 bridgehead atoms. The van der Waals surface area contributed by atoms with E-state index in [-0.39, 0.29) is 0 Å². The van der Waals surface area contributed by atoms with Gasteiger partial charge in [-0.25, -0.2) is 4.98 Å². The molecule has 0 radical (unpaired) electrons. The molecule has 0 aromatic carbocycles. The van der Waals surface area contributed by atoms with E-state index in [0.717, 1.165) is 12.5 Å². The number of thioether (sulfide) groups is 1. The fourth-order valence-electron chi connectivity index (χ4n) is 3.15. The van der Waals surface area contributed by atoms with Crippen LogP contribution >= 0.6 is 11.8 Å². The summed E-state index contributed by atoms with van der Waals surface area (Å²) in [4.78, 5) is 4.49. The third kappa shape index (κ3) is 4.78. The number of hydrogen-bond acceptors (Lipinski definition) is 3. The normalized spacial score (nSPS) is 26.6. The third-order valence-corrected chi connectivity index (χ3v) is 5.47. The number of rotatable bonds is 7. The van der Waals surface area contributed by atoms with Gasteiger partial charge in [-0.2, -0.15) is 0 Å². The maximum absolute atomic E-state index is 4.49. The SMILES string of the molecule is CCCNC1CCC(CCC)CC1Sc1ccccn1. The maximum atomic E-state index is 4.49. The molecule has 3 heteroatoms. The molecule has 20 heavy (non-hydrogen) atoms. The third-order valence-electron chi connectivity index (χ3n) is 4.16. The number of aromatic nitrogens is 1. The van der Waals surface area contributed by atoms with E-state index in [2.05, 4.69) is 36.3 Å². The van der Waals surface area contributed by atoms with Crippen LogP contribution < -0.4 is 5.32 Å². The molecule has 1 aliphatic rings. The van der Waals surface area contributed by atoms with Crippen LogP contribution in [0.5, 0.6) is 0 Å². The highest BCUT2D eigenvalue weighted by atomic mass is 32.2. The molecule has 0 amide bonds. The zero-order valence-corrected chi connectivity index (χ0v) is 13.7. The van der Waals surface area contributed by atoms with Crippen molar-refractivity contribution in [1.82, 2.24) is 10.3 Å². The highest BCUT2D eigenvalue weighted by Gasteiger charge is 2.30. The van der Waals surface area contributed by atoms with Crippen LogP contribution in [0.2, 0.25) is 0 Å². The molecule has 112 valence electrons. The maximum Gasteiger partial charge on any atom is 0.0963 e. The van der Waals surface area contributed by atoms with Gasteiger partial charge >= 0.3 is 0 Å². The summed E-state index contributed by atoms with van der Waals surface area (Å²) in [7, 11) is 0. The van der Waals surface area contributed by atoms with E-state index in [9.17, 15) is 0 Å². The first-order valence-electron chi connectivity index (χ1n) is 8.14. The molecular weight excluding hydrogens is 264 g/mol. The average molecular weight is 292 g/mol. The van der Waals surface area contributed by atoms with Crippen molar-refractivity contribution in [2.75, 3.05) is 6.54 Å². The predicted octanol–water partition coefficient (Wildman–Crippen LogP) is 4.51. The molecule has 1 saturated carbocycles. The van der Waals surface area contributed by atoms with Crippen LogP contribution in [0.15, 0.2) is 29.4 Å². The topological polar surface area (TPSA) is 24.9 Å². The van der Waals surface area contributed by atoms with Crippen LogP contribution in [0.3, 0.4) is 0 Å². The second-order valence-electron chi connectivity index (χ2n) is 5.85. The average Bonchev–Trinajstić information content (AvgIpc) is 2.48. The molecule has 2 nitrogen and oxygen atoms in total. The predicted molar refractivity (Wildman–Crippen MR) is 88.2 cm³/mol. The number of pyridine rings is 1. The fourth-order valence-corrected chi connectivity index (χ4v) is 4.50. The first-order valence-corrected chi connectivity index (χ1v) is 9.02. The van der Waals surface area contributed by atoms with E-state index in [1.54, 1.807) is 0 Å². The monoisotopic (exact) mass is 292 g/mol. The lowest BCUT2D eigenvalue weighted by Crippen LogP contribution is -2.43. The smallest absolute Gasteiger partial charge is 0.0963 e. The van der Waals surface area contributed by atoms with E-state index < -0.39 is 0 Å². The Hall–Kier alpha value is -0.540. The van der Waals surface area contributed by atoms with E-state index in [1.807, 2.05) is 24.0 Å². The second-order valence-corrected chi connectivity index (χ2v) is 7.11. The summed E-state index contributed by atoms with van der Waals surface area (Å²) in [5, 5.41) is 5.62. The highest BCUT2D eigenvalue weighted by Crippen LogP contribution is 2.37. The van der Waals surface area contributed by atoms with Crippen LogP contribution in [-0.2, 0) is 0 Å². The van der Waals surface area contributed by atoms with Gasteiger partial charge in [-0.3, -0.25) is 0 Å². The quantitative estimate of drug-likeness (QED) is 0.800. The van der Waals surface area contributed by atoms with Crippen molar-refractivity contribution in [3.8, 4) is 0 Å². The zero-order valence-electron chi connectivity index (χ0n) is 12.8. The van der Waals surface area contributed by atoms with Crippen molar-refractivity contribution < 1.29 is 0 Å². The van der Waals surface area contributed by atoms with Gasteiger partial charge < -0.3 is 5.32 Å². The lowest BCUT2D eigenvalue weighted by atomic mass is 9.83. The summed E-state index contributed by atoms with van der Waals surface area (Å²) in [6.07, 6.45) is 9.90. The summed E-state index contributed by atoms with van der Waals surface area (Å²) in [5.74, 6) is 0.917. The minimum atomic E-state index is 0.662. The highest BCUT2D eigenvalue weighted by molar-refractivity contribution is 7.99. The Morgan fingerprint density at radius 3 is 2.85 bits per heavy atom. The van der Waals surface area contributed by atoms with Gasteiger partial charge in [0, 0.05) is 17.5 Å². The van der Waals surface area contributed by atoms with Gasteiger partial charge in [-0.05, 0) is 50.3 Å². The molecule has 0 spiro atoms. The van der Waals surface area contributed by atoms with Gasteiger partial charge in [0.05, 0.1) is 5.03 Å². The van der Waals surface area contributed by atoms with Crippen molar-refractivity contribution in [3.63, 3.8) is 0 Å². The molecule has 1 aromatic rings. The van der Waals surface area contributed by atoms with Crippen molar-refractivity contribution >= 4 is 11.8 Å². The Bertz CT molecular complexity index is 369. The molecular formula is C17H28N2S.